The topological polar surface area (TPSA) is 76.0 Å². The maximum atomic E-state index is 12.6. The monoisotopic (exact) mass is 402 g/mol. The number of nitrogens with zero attached hydrogens (tertiary/aromatic N) is 2. The van der Waals surface area contributed by atoms with Crippen molar-refractivity contribution in [1.82, 2.24) is 4.90 Å². The number of rotatable bonds is 5. The number of carbonyl (C=O) groups excluding carboxylic acids is 1. The molecule has 27 heavy (non-hydrogen) atoms. The maximum absolute atomic E-state index is 12.6. The molecule has 1 heterocycles. The van der Waals surface area contributed by atoms with Gasteiger partial charge < -0.3 is 4.74 Å². The Morgan fingerprint density at radius 2 is 1.78 bits per heavy atom. The number of likely N-dealkylation sites (N-methyl/N-ethyl adjacent to an activating group) is 1. The van der Waals surface area contributed by atoms with Gasteiger partial charge in [0.05, 0.1) is 16.9 Å². The normalized spacial score (nSPS) is 17.7. The first-order chi connectivity index (χ1) is 12.9. The molecule has 6 nitrogen and oxygen atoms in total. The molecule has 0 aliphatic carbocycles. The van der Waals surface area contributed by atoms with Crippen LogP contribution < -0.4 is 4.74 Å². The summed E-state index contributed by atoms with van der Waals surface area (Å²) in [5.74, 6) is 0.453. The second kappa shape index (κ2) is 7.98. The molecule has 1 aliphatic heterocycles. The molecular weight excluding hydrogens is 384 g/mol. The first kappa shape index (κ1) is 19.2. The van der Waals surface area contributed by atoms with E-state index >= 15 is 0 Å². The van der Waals surface area contributed by atoms with Crippen molar-refractivity contribution in [3.8, 4) is 5.75 Å². The Kier molecular flexibility index (Phi) is 5.67. The van der Waals surface area contributed by atoms with E-state index in [9.17, 15) is 13.2 Å². The minimum absolute atomic E-state index is 0.0918. The summed E-state index contributed by atoms with van der Waals surface area (Å²) in [6, 6.07) is 15.2. The molecule has 0 bridgehead atoms. The summed E-state index contributed by atoms with van der Waals surface area (Å²) in [6.45, 7) is 2.11. The second-order valence-corrected chi connectivity index (χ2v) is 8.21. The van der Waals surface area contributed by atoms with Gasteiger partial charge in [0.25, 0.3) is 15.9 Å². The molecule has 3 rings (SSSR count). The molecule has 0 N–H and O–H groups in total. The standard InChI is InChI=1S/C19H18N2O4S2/c1-3-21-18(22)17(13-14-9-11-15(25-2)12-10-14)26-19(21)20-27(23,24)16-7-5-4-6-8-16/h4-13H,3H2,1-2H3/b17-13-,20-19-. The summed E-state index contributed by atoms with van der Waals surface area (Å²) in [5.41, 5.74) is 0.815. The molecule has 1 aliphatic rings. The quantitative estimate of drug-likeness (QED) is 0.717. The highest BCUT2D eigenvalue weighted by Crippen LogP contribution is 2.33. The first-order valence-electron chi connectivity index (χ1n) is 8.20. The van der Waals surface area contributed by atoms with Crippen LogP contribution in [-0.2, 0) is 14.8 Å². The van der Waals surface area contributed by atoms with Crippen LogP contribution in [0.5, 0.6) is 5.75 Å². The van der Waals surface area contributed by atoms with Crippen LogP contribution in [0.3, 0.4) is 0 Å². The molecule has 1 amide bonds. The summed E-state index contributed by atoms with van der Waals surface area (Å²) in [7, 11) is -2.30. The summed E-state index contributed by atoms with van der Waals surface area (Å²) < 4.78 is 34.1. The number of amides is 1. The lowest BCUT2D eigenvalue weighted by molar-refractivity contribution is -0.122. The van der Waals surface area contributed by atoms with Crippen LogP contribution in [0.4, 0.5) is 0 Å². The Balaban J connectivity index is 1.93. The van der Waals surface area contributed by atoms with E-state index in [0.29, 0.717) is 17.2 Å². The molecule has 2 aromatic carbocycles. The van der Waals surface area contributed by atoms with E-state index in [1.54, 1.807) is 50.4 Å². The Hall–Kier alpha value is -2.58. The highest BCUT2D eigenvalue weighted by atomic mass is 32.2. The van der Waals surface area contributed by atoms with E-state index in [1.165, 1.54) is 17.0 Å². The van der Waals surface area contributed by atoms with Crippen LogP contribution in [0.15, 0.2) is 68.8 Å². The van der Waals surface area contributed by atoms with Gasteiger partial charge in [-0.3, -0.25) is 9.69 Å². The van der Waals surface area contributed by atoms with Gasteiger partial charge in [-0.1, -0.05) is 30.3 Å². The zero-order valence-corrected chi connectivity index (χ0v) is 16.5. The van der Waals surface area contributed by atoms with E-state index < -0.39 is 10.0 Å². The summed E-state index contributed by atoms with van der Waals surface area (Å²) in [6.07, 6.45) is 1.72. The molecule has 2 aromatic rings. The van der Waals surface area contributed by atoms with Crippen LogP contribution in [0, 0.1) is 0 Å². The van der Waals surface area contributed by atoms with Crippen molar-refractivity contribution in [2.24, 2.45) is 4.40 Å². The van der Waals surface area contributed by atoms with Crippen molar-refractivity contribution in [3.63, 3.8) is 0 Å². The number of hydrogen-bond acceptors (Lipinski definition) is 5. The minimum Gasteiger partial charge on any atom is -0.497 e. The van der Waals surface area contributed by atoms with Gasteiger partial charge in [-0.15, -0.1) is 4.40 Å². The van der Waals surface area contributed by atoms with Crippen LogP contribution in [-0.4, -0.2) is 38.0 Å². The Labute approximate surface area is 162 Å². The first-order valence-corrected chi connectivity index (χ1v) is 10.5. The van der Waals surface area contributed by atoms with Crippen molar-refractivity contribution in [1.29, 1.82) is 0 Å². The Bertz CT molecular complexity index is 998. The lowest BCUT2D eigenvalue weighted by Crippen LogP contribution is -2.29. The van der Waals surface area contributed by atoms with Gasteiger partial charge in [-0.05, 0) is 54.6 Å². The van der Waals surface area contributed by atoms with Crippen LogP contribution in [0.1, 0.15) is 12.5 Å². The van der Waals surface area contributed by atoms with E-state index in [0.717, 1.165) is 17.3 Å². The number of ether oxygens (including phenoxy) is 1. The number of carbonyl (C=O) groups is 1. The van der Waals surface area contributed by atoms with Gasteiger partial charge in [0, 0.05) is 6.54 Å². The van der Waals surface area contributed by atoms with Gasteiger partial charge in [0.2, 0.25) is 0 Å². The smallest absolute Gasteiger partial charge is 0.284 e. The molecule has 0 saturated carbocycles. The lowest BCUT2D eigenvalue weighted by atomic mass is 10.2. The minimum atomic E-state index is -3.89. The molecule has 0 unspecified atom stereocenters. The Morgan fingerprint density at radius 3 is 2.37 bits per heavy atom. The molecule has 140 valence electrons. The molecule has 0 spiro atoms. The summed E-state index contributed by atoms with van der Waals surface area (Å²) >= 11 is 1.05. The van der Waals surface area contributed by atoms with Gasteiger partial charge in [-0.25, -0.2) is 0 Å². The fraction of sp³-hybridized carbons (Fsp3) is 0.158. The average molecular weight is 402 g/mol. The van der Waals surface area contributed by atoms with Gasteiger partial charge in [0.15, 0.2) is 5.17 Å². The average Bonchev–Trinajstić information content (AvgIpc) is 2.96. The van der Waals surface area contributed by atoms with E-state index in [4.69, 9.17) is 4.74 Å². The highest BCUT2D eigenvalue weighted by molar-refractivity contribution is 8.19. The van der Waals surface area contributed by atoms with Crippen molar-refractivity contribution in [2.75, 3.05) is 13.7 Å². The summed E-state index contributed by atoms with van der Waals surface area (Å²) in [5, 5.41) is 0.158. The number of sulfonamides is 1. The maximum Gasteiger partial charge on any atom is 0.284 e. The predicted octanol–water partition coefficient (Wildman–Crippen LogP) is 3.38. The van der Waals surface area contributed by atoms with E-state index in [-0.39, 0.29) is 16.0 Å². The fourth-order valence-corrected chi connectivity index (χ4v) is 4.72. The molecule has 0 aromatic heterocycles. The number of hydrogen-bond donors (Lipinski definition) is 0. The molecule has 1 saturated heterocycles. The number of benzene rings is 2. The number of amidine groups is 1. The van der Waals surface area contributed by atoms with Gasteiger partial charge in [-0.2, -0.15) is 8.42 Å². The summed E-state index contributed by atoms with van der Waals surface area (Å²) in [4.78, 5) is 14.5. The third kappa shape index (κ3) is 4.23. The predicted molar refractivity (Wildman–Crippen MR) is 107 cm³/mol. The molecule has 0 radical (unpaired) electrons. The lowest BCUT2D eigenvalue weighted by Gasteiger charge is -2.11. The van der Waals surface area contributed by atoms with Crippen molar-refractivity contribution in [3.05, 3.63) is 65.1 Å². The molecular formula is C19H18N2O4S2. The largest absolute Gasteiger partial charge is 0.497 e. The molecule has 0 atom stereocenters. The number of methoxy groups -OCH3 is 1. The number of thioether (sulfide) groups is 1. The van der Waals surface area contributed by atoms with Crippen LogP contribution in [0.25, 0.3) is 6.08 Å². The van der Waals surface area contributed by atoms with Gasteiger partial charge >= 0.3 is 0 Å². The van der Waals surface area contributed by atoms with E-state index in [1.807, 2.05) is 12.1 Å². The SMILES string of the molecule is CCN1C(=O)/C(=C/c2ccc(OC)cc2)S/C1=N\S(=O)(=O)c1ccccc1. The molecule has 1 fully saturated rings. The second-order valence-electron chi connectivity index (χ2n) is 5.60. The third-order valence-electron chi connectivity index (χ3n) is 3.86. The van der Waals surface area contributed by atoms with E-state index in [2.05, 4.69) is 4.40 Å². The molecule has 8 heteroatoms. The third-order valence-corrected chi connectivity index (χ3v) is 6.26. The fourth-order valence-electron chi connectivity index (χ4n) is 2.45. The van der Waals surface area contributed by atoms with Crippen molar-refractivity contribution >= 4 is 38.9 Å². The van der Waals surface area contributed by atoms with Crippen molar-refractivity contribution < 1.29 is 17.9 Å². The van der Waals surface area contributed by atoms with Crippen LogP contribution >= 0.6 is 11.8 Å². The zero-order valence-electron chi connectivity index (χ0n) is 14.8. The van der Waals surface area contributed by atoms with Crippen LogP contribution in [0.2, 0.25) is 0 Å². The van der Waals surface area contributed by atoms with Crippen molar-refractivity contribution in [2.45, 2.75) is 11.8 Å². The zero-order chi connectivity index (χ0) is 19.4. The van der Waals surface area contributed by atoms with Gasteiger partial charge in [0.1, 0.15) is 5.75 Å². The Morgan fingerprint density at radius 1 is 1.11 bits per heavy atom. The highest BCUT2D eigenvalue weighted by Gasteiger charge is 2.33.